The summed E-state index contributed by atoms with van der Waals surface area (Å²) in [6.07, 6.45) is 3.64. The molecule has 2 rings (SSSR count). The summed E-state index contributed by atoms with van der Waals surface area (Å²) >= 11 is 0. The van der Waals surface area contributed by atoms with Gasteiger partial charge in [0.15, 0.2) is 6.29 Å². The highest BCUT2D eigenvalue weighted by Crippen LogP contribution is 2.21. The van der Waals surface area contributed by atoms with Crippen molar-refractivity contribution >= 4 is 17.8 Å². The Bertz CT molecular complexity index is 585. The summed E-state index contributed by atoms with van der Waals surface area (Å²) in [6.45, 7) is 1.93. The molecule has 0 fully saturated rings. The van der Waals surface area contributed by atoms with Crippen LogP contribution in [0, 0.1) is 0 Å². The number of carbonyl (C=O) groups excluding carboxylic acids is 2. The first-order valence-corrected chi connectivity index (χ1v) is 5.12. The minimum atomic E-state index is -0.582. The van der Waals surface area contributed by atoms with Crippen LogP contribution in [-0.2, 0) is 4.74 Å². The van der Waals surface area contributed by atoms with Crippen molar-refractivity contribution in [3.63, 3.8) is 0 Å². The van der Waals surface area contributed by atoms with Crippen molar-refractivity contribution in [2.75, 3.05) is 6.61 Å². The van der Waals surface area contributed by atoms with Gasteiger partial charge in [0, 0.05) is 17.3 Å². The van der Waals surface area contributed by atoms with Crippen LogP contribution in [0.15, 0.2) is 24.5 Å². The van der Waals surface area contributed by atoms with Gasteiger partial charge in [-0.2, -0.15) is 0 Å². The third-order valence-corrected chi connectivity index (χ3v) is 2.36. The standard InChI is InChI=1S/C12H11NO4/c1-2-17-12(16)10-4-9-3-8(7-14)5-13(9)6-11(10)15/h3-7,15H,2H2,1H3. The van der Waals surface area contributed by atoms with Gasteiger partial charge >= 0.3 is 5.97 Å². The van der Waals surface area contributed by atoms with Crippen LogP contribution in [0.1, 0.15) is 27.6 Å². The first-order valence-electron chi connectivity index (χ1n) is 5.12. The lowest BCUT2D eigenvalue weighted by molar-refractivity contribution is 0.0523. The number of aldehydes is 1. The molecule has 0 aromatic carbocycles. The van der Waals surface area contributed by atoms with Crippen molar-refractivity contribution in [1.29, 1.82) is 0 Å². The maximum Gasteiger partial charge on any atom is 0.342 e. The fourth-order valence-electron chi connectivity index (χ4n) is 1.61. The molecule has 0 radical (unpaired) electrons. The molecule has 0 spiro atoms. The Morgan fingerprint density at radius 3 is 2.88 bits per heavy atom. The maximum atomic E-state index is 11.5. The Labute approximate surface area is 97.2 Å². The Morgan fingerprint density at radius 2 is 2.24 bits per heavy atom. The second-order valence-corrected chi connectivity index (χ2v) is 3.52. The fraction of sp³-hybridized carbons (Fsp3) is 0.167. The summed E-state index contributed by atoms with van der Waals surface area (Å²) in [5, 5.41) is 9.68. The Kier molecular flexibility index (Phi) is 2.82. The van der Waals surface area contributed by atoms with Gasteiger partial charge in [0.2, 0.25) is 0 Å². The lowest BCUT2D eigenvalue weighted by Crippen LogP contribution is -2.05. The number of hydrogen-bond acceptors (Lipinski definition) is 4. The molecular formula is C12H11NO4. The van der Waals surface area contributed by atoms with Gasteiger partial charge in [-0.25, -0.2) is 4.79 Å². The van der Waals surface area contributed by atoms with Gasteiger partial charge in [0.25, 0.3) is 0 Å². The van der Waals surface area contributed by atoms with Crippen LogP contribution in [0.3, 0.4) is 0 Å². The van der Waals surface area contributed by atoms with E-state index in [1.165, 1.54) is 12.3 Å². The Morgan fingerprint density at radius 1 is 1.47 bits per heavy atom. The molecule has 0 atom stereocenters. The van der Waals surface area contributed by atoms with Gasteiger partial charge in [-0.1, -0.05) is 0 Å². The minimum absolute atomic E-state index is 0.0925. The van der Waals surface area contributed by atoms with Gasteiger partial charge in [-0.15, -0.1) is 0 Å². The normalized spacial score (nSPS) is 10.4. The van der Waals surface area contributed by atoms with E-state index in [4.69, 9.17) is 4.74 Å². The summed E-state index contributed by atoms with van der Waals surface area (Å²) in [6, 6.07) is 3.11. The van der Waals surface area contributed by atoms with E-state index in [0.717, 1.165) is 0 Å². The smallest absolute Gasteiger partial charge is 0.342 e. The highest BCUT2D eigenvalue weighted by molar-refractivity contribution is 5.94. The van der Waals surface area contributed by atoms with Gasteiger partial charge in [0.1, 0.15) is 11.3 Å². The van der Waals surface area contributed by atoms with E-state index in [1.807, 2.05) is 0 Å². The minimum Gasteiger partial charge on any atom is -0.505 e. The number of hydrogen-bond donors (Lipinski definition) is 1. The molecular weight excluding hydrogens is 222 g/mol. The van der Waals surface area contributed by atoms with Crippen molar-refractivity contribution in [1.82, 2.24) is 4.40 Å². The molecule has 88 valence electrons. The van der Waals surface area contributed by atoms with Crippen LogP contribution < -0.4 is 0 Å². The quantitative estimate of drug-likeness (QED) is 0.646. The van der Waals surface area contributed by atoms with Crippen LogP contribution >= 0.6 is 0 Å². The second kappa shape index (κ2) is 4.29. The lowest BCUT2D eigenvalue weighted by atomic mass is 10.2. The fourth-order valence-corrected chi connectivity index (χ4v) is 1.61. The predicted octanol–water partition coefficient (Wildman–Crippen LogP) is 1.63. The van der Waals surface area contributed by atoms with Crippen LogP contribution in [0.2, 0.25) is 0 Å². The van der Waals surface area contributed by atoms with Crippen molar-refractivity contribution in [2.45, 2.75) is 6.92 Å². The molecule has 0 saturated carbocycles. The van der Waals surface area contributed by atoms with Crippen LogP contribution in [-0.4, -0.2) is 28.4 Å². The summed E-state index contributed by atoms with van der Waals surface area (Å²) in [7, 11) is 0. The molecule has 5 nitrogen and oxygen atoms in total. The zero-order valence-electron chi connectivity index (χ0n) is 9.21. The number of esters is 1. The number of fused-ring (bicyclic) bond motifs is 1. The van der Waals surface area contributed by atoms with Crippen LogP contribution in [0.4, 0.5) is 0 Å². The molecule has 2 aromatic heterocycles. The molecule has 1 N–H and O–H groups in total. The first kappa shape index (κ1) is 11.2. The summed E-state index contributed by atoms with van der Waals surface area (Å²) in [4.78, 5) is 22.1. The number of aromatic nitrogens is 1. The third kappa shape index (κ3) is 1.99. The van der Waals surface area contributed by atoms with E-state index >= 15 is 0 Å². The van der Waals surface area contributed by atoms with Gasteiger partial charge in [-0.3, -0.25) is 4.79 Å². The van der Waals surface area contributed by atoms with Gasteiger partial charge < -0.3 is 14.2 Å². The summed E-state index contributed by atoms with van der Waals surface area (Å²) < 4.78 is 6.38. The highest BCUT2D eigenvalue weighted by Gasteiger charge is 2.14. The number of ether oxygens (including phenoxy) is 1. The molecule has 2 aromatic rings. The molecule has 0 bridgehead atoms. The molecule has 0 saturated heterocycles. The topological polar surface area (TPSA) is 68.0 Å². The Balaban J connectivity index is 2.53. The first-order chi connectivity index (χ1) is 8.15. The zero-order valence-corrected chi connectivity index (χ0v) is 9.21. The largest absolute Gasteiger partial charge is 0.505 e. The second-order valence-electron chi connectivity index (χ2n) is 3.52. The van der Waals surface area contributed by atoms with Gasteiger partial charge in [0.05, 0.1) is 12.8 Å². The average Bonchev–Trinajstić information content (AvgIpc) is 2.70. The molecule has 0 aliphatic rings. The van der Waals surface area contributed by atoms with Crippen molar-refractivity contribution in [3.05, 3.63) is 35.7 Å². The van der Waals surface area contributed by atoms with Gasteiger partial charge in [-0.05, 0) is 19.1 Å². The molecule has 5 heteroatoms. The summed E-state index contributed by atoms with van der Waals surface area (Å²) in [5.41, 5.74) is 1.22. The van der Waals surface area contributed by atoms with E-state index < -0.39 is 5.97 Å². The zero-order chi connectivity index (χ0) is 12.4. The summed E-state index contributed by atoms with van der Waals surface area (Å²) in [5.74, 6) is -0.759. The van der Waals surface area contributed by atoms with Crippen LogP contribution in [0.25, 0.3) is 5.52 Å². The van der Waals surface area contributed by atoms with E-state index in [1.54, 1.807) is 23.6 Å². The van der Waals surface area contributed by atoms with E-state index in [0.29, 0.717) is 17.4 Å². The van der Waals surface area contributed by atoms with Crippen LogP contribution in [0.5, 0.6) is 5.75 Å². The Hall–Kier alpha value is -2.30. The van der Waals surface area contributed by atoms with Crippen molar-refractivity contribution in [2.24, 2.45) is 0 Å². The highest BCUT2D eigenvalue weighted by atomic mass is 16.5. The lowest BCUT2D eigenvalue weighted by Gasteiger charge is -2.05. The SMILES string of the molecule is CCOC(=O)c1cc2cc(C=O)cn2cc1O. The van der Waals surface area contributed by atoms with E-state index in [-0.39, 0.29) is 17.9 Å². The van der Waals surface area contributed by atoms with Crippen molar-refractivity contribution in [3.8, 4) is 5.75 Å². The average molecular weight is 233 g/mol. The molecule has 0 aliphatic heterocycles. The molecule has 0 aliphatic carbocycles. The monoisotopic (exact) mass is 233 g/mol. The van der Waals surface area contributed by atoms with E-state index in [9.17, 15) is 14.7 Å². The van der Waals surface area contributed by atoms with Crippen molar-refractivity contribution < 1.29 is 19.4 Å². The predicted molar refractivity (Wildman–Crippen MR) is 60.4 cm³/mol. The number of carbonyl (C=O) groups is 2. The number of pyridine rings is 1. The molecule has 0 amide bonds. The number of rotatable bonds is 3. The van der Waals surface area contributed by atoms with E-state index in [2.05, 4.69) is 0 Å². The molecule has 2 heterocycles. The maximum absolute atomic E-state index is 11.5. The third-order valence-electron chi connectivity index (χ3n) is 2.36. The molecule has 17 heavy (non-hydrogen) atoms. The number of nitrogens with zero attached hydrogens (tertiary/aromatic N) is 1. The molecule has 0 unspecified atom stereocenters. The number of aromatic hydroxyl groups is 1.